The maximum absolute atomic E-state index is 3.43. The van der Waals surface area contributed by atoms with Gasteiger partial charge in [0.15, 0.2) is 0 Å². The van der Waals surface area contributed by atoms with E-state index in [9.17, 15) is 0 Å². The molecule has 0 aromatic heterocycles. The lowest BCUT2D eigenvalue weighted by Gasteiger charge is -2.06. The second kappa shape index (κ2) is 5.35. The predicted molar refractivity (Wildman–Crippen MR) is 75.0 cm³/mol. The average Bonchev–Trinajstić information content (AvgIpc) is 2.40. The minimum atomic E-state index is 1.12. The normalized spacial score (nSPS) is 13.4. The van der Waals surface area contributed by atoms with Crippen LogP contribution in [0.5, 0.6) is 0 Å². The van der Waals surface area contributed by atoms with Gasteiger partial charge in [0.1, 0.15) is 0 Å². The molecule has 0 saturated heterocycles. The number of hydrogen-bond acceptors (Lipinski definition) is 1. The van der Waals surface area contributed by atoms with E-state index in [2.05, 4.69) is 61.6 Å². The average molecular weight is 223 g/mol. The summed E-state index contributed by atoms with van der Waals surface area (Å²) in [6.45, 7) is 4.17. The van der Waals surface area contributed by atoms with Crippen LogP contribution in [0, 0.1) is 0 Å². The van der Waals surface area contributed by atoms with Gasteiger partial charge in [-0.2, -0.15) is 0 Å². The third-order valence-corrected chi connectivity index (χ3v) is 2.78. The van der Waals surface area contributed by atoms with Gasteiger partial charge in [-0.3, -0.25) is 0 Å². The Hall–Kier alpha value is -2.02. The topological polar surface area (TPSA) is 12.0 Å². The van der Waals surface area contributed by atoms with Crippen molar-refractivity contribution in [3.8, 4) is 0 Å². The first kappa shape index (κ1) is 11.5. The van der Waals surface area contributed by atoms with Crippen molar-refractivity contribution in [1.29, 1.82) is 0 Å². The molecule has 1 nitrogen and oxygen atoms in total. The molecule has 0 aliphatic rings. The van der Waals surface area contributed by atoms with E-state index in [4.69, 9.17) is 0 Å². The molecule has 0 radical (unpaired) electrons. The summed E-state index contributed by atoms with van der Waals surface area (Å²) in [6, 6.07) is 18.6. The van der Waals surface area contributed by atoms with Gasteiger partial charge < -0.3 is 5.32 Å². The Bertz CT molecular complexity index is 597. The fourth-order valence-electron chi connectivity index (χ4n) is 1.90. The van der Waals surface area contributed by atoms with Crippen molar-refractivity contribution in [3.05, 3.63) is 65.0 Å². The molecule has 2 rings (SSSR count). The van der Waals surface area contributed by atoms with Crippen LogP contribution in [0.25, 0.3) is 11.8 Å². The third-order valence-electron chi connectivity index (χ3n) is 2.78. The summed E-state index contributed by atoms with van der Waals surface area (Å²) < 4.78 is 0. The van der Waals surface area contributed by atoms with Gasteiger partial charge in [-0.05, 0) is 31.2 Å². The van der Waals surface area contributed by atoms with Crippen molar-refractivity contribution in [1.82, 2.24) is 0 Å². The minimum Gasteiger partial charge on any atom is -0.359 e. The first-order valence-electron chi connectivity index (χ1n) is 5.85. The number of para-hydroxylation sites is 1. The van der Waals surface area contributed by atoms with E-state index < -0.39 is 0 Å². The largest absolute Gasteiger partial charge is 0.359 e. The monoisotopic (exact) mass is 223 g/mol. The SMILES string of the molecule is C/C=c1/cccc/c1=C(/C)Nc1ccccc1. The molecule has 0 heterocycles. The van der Waals surface area contributed by atoms with Gasteiger partial charge in [0.05, 0.1) is 0 Å². The Morgan fingerprint density at radius 3 is 2.29 bits per heavy atom. The lowest BCUT2D eigenvalue weighted by molar-refractivity contribution is 1.42. The molecular weight excluding hydrogens is 206 g/mol. The predicted octanol–water partition coefficient (Wildman–Crippen LogP) is 2.73. The Morgan fingerprint density at radius 2 is 1.59 bits per heavy atom. The van der Waals surface area contributed by atoms with Crippen molar-refractivity contribution in [2.45, 2.75) is 13.8 Å². The summed E-state index contributed by atoms with van der Waals surface area (Å²) in [5.74, 6) is 0. The first-order valence-corrected chi connectivity index (χ1v) is 5.85. The molecule has 0 bridgehead atoms. The van der Waals surface area contributed by atoms with Crippen molar-refractivity contribution in [3.63, 3.8) is 0 Å². The quantitative estimate of drug-likeness (QED) is 0.825. The molecule has 2 aromatic rings. The molecule has 2 aromatic carbocycles. The van der Waals surface area contributed by atoms with Crippen LogP contribution in [0.3, 0.4) is 0 Å². The van der Waals surface area contributed by atoms with Crippen LogP contribution >= 0.6 is 0 Å². The van der Waals surface area contributed by atoms with Crippen molar-refractivity contribution in [2.24, 2.45) is 0 Å². The molecular formula is C16H17N. The molecule has 1 heteroatoms. The van der Waals surface area contributed by atoms with Crippen LogP contribution in [0.1, 0.15) is 13.8 Å². The number of anilines is 1. The smallest absolute Gasteiger partial charge is 0.0381 e. The summed E-state index contributed by atoms with van der Waals surface area (Å²) in [5.41, 5.74) is 2.29. The molecule has 1 N–H and O–H groups in total. The van der Waals surface area contributed by atoms with E-state index in [1.165, 1.54) is 16.1 Å². The highest BCUT2D eigenvalue weighted by Crippen LogP contribution is 2.07. The van der Waals surface area contributed by atoms with E-state index in [-0.39, 0.29) is 0 Å². The van der Waals surface area contributed by atoms with Crippen LogP contribution in [-0.4, -0.2) is 0 Å². The van der Waals surface area contributed by atoms with Gasteiger partial charge in [0.25, 0.3) is 0 Å². The second-order valence-corrected chi connectivity index (χ2v) is 3.99. The Morgan fingerprint density at radius 1 is 0.941 bits per heavy atom. The van der Waals surface area contributed by atoms with Gasteiger partial charge in [-0.15, -0.1) is 0 Å². The van der Waals surface area contributed by atoms with Gasteiger partial charge in [-0.25, -0.2) is 0 Å². The Balaban J connectivity index is 2.46. The Labute approximate surface area is 102 Å². The van der Waals surface area contributed by atoms with Gasteiger partial charge >= 0.3 is 0 Å². The van der Waals surface area contributed by atoms with Crippen molar-refractivity contribution in [2.75, 3.05) is 5.32 Å². The van der Waals surface area contributed by atoms with E-state index in [1.54, 1.807) is 0 Å². The fourth-order valence-corrected chi connectivity index (χ4v) is 1.90. The zero-order valence-electron chi connectivity index (χ0n) is 10.3. The van der Waals surface area contributed by atoms with Crippen LogP contribution < -0.4 is 15.8 Å². The van der Waals surface area contributed by atoms with E-state index in [0.29, 0.717) is 0 Å². The maximum Gasteiger partial charge on any atom is 0.0381 e. The zero-order valence-corrected chi connectivity index (χ0v) is 10.3. The number of nitrogens with one attached hydrogen (secondary N) is 1. The summed E-state index contributed by atoms with van der Waals surface area (Å²) in [7, 11) is 0. The number of hydrogen-bond donors (Lipinski definition) is 1. The lowest BCUT2D eigenvalue weighted by Crippen LogP contribution is -2.27. The molecule has 0 fully saturated rings. The van der Waals surface area contributed by atoms with Crippen LogP contribution in [0.15, 0.2) is 54.6 Å². The second-order valence-electron chi connectivity index (χ2n) is 3.99. The number of rotatable bonds is 2. The lowest BCUT2D eigenvalue weighted by atomic mass is 10.2. The van der Waals surface area contributed by atoms with Gasteiger partial charge in [0.2, 0.25) is 0 Å². The fraction of sp³-hybridized carbons (Fsp3) is 0.125. The van der Waals surface area contributed by atoms with Crippen molar-refractivity contribution < 1.29 is 0 Å². The molecule has 0 amide bonds. The Kier molecular flexibility index (Phi) is 3.61. The highest BCUT2D eigenvalue weighted by molar-refractivity contribution is 5.63. The van der Waals surface area contributed by atoms with Gasteiger partial charge in [-0.1, -0.05) is 48.5 Å². The standard InChI is InChI=1S/C16H17N/c1-3-14-9-7-8-12-16(14)13(2)17-15-10-5-4-6-11-15/h3-12,17H,1-2H3/b14-3-,16-13+. The maximum atomic E-state index is 3.43. The summed E-state index contributed by atoms with van der Waals surface area (Å²) in [4.78, 5) is 0. The van der Waals surface area contributed by atoms with E-state index in [0.717, 1.165) is 5.69 Å². The highest BCUT2D eigenvalue weighted by Gasteiger charge is 1.93. The molecule has 86 valence electrons. The van der Waals surface area contributed by atoms with Gasteiger partial charge in [0, 0.05) is 16.6 Å². The molecule has 0 saturated carbocycles. The molecule has 17 heavy (non-hydrogen) atoms. The minimum absolute atomic E-state index is 1.12. The number of benzene rings is 2. The molecule has 0 aliphatic carbocycles. The van der Waals surface area contributed by atoms with E-state index >= 15 is 0 Å². The molecule has 0 aliphatic heterocycles. The van der Waals surface area contributed by atoms with Crippen LogP contribution in [0.2, 0.25) is 0 Å². The molecule has 0 unspecified atom stereocenters. The summed E-state index contributed by atoms with van der Waals surface area (Å²) >= 11 is 0. The summed E-state index contributed by atoms with van der Waals surface area (Å²) in [5, 5.41) is 5.94. The van der Waals surface area contributed by atoms with Crippen molar-refractivity contribution >= 4 is 17.5 Å². The summed E-state index contributed by atoms with van der Waals surface area (Å²) in [6.07, 6.45) is 2.13. The molecule has 0 atom stereocenters. The zero-order chi connectivity index (χ0) is 12.1. The first-order chi connectivity index (χ1) is 8.31. The third kappa shape index (κ3) is 2.76. The van der Waals surface area contributed by atoms with Crippen LogP contribution in [0.4, 0.5) is 5.69 Å². The highest BCUT2D eigenvalue weighted by atomic mass is 14.9. The molecule has 0 spiro atoms. The van der Waals surface area contributed by atoms with E-state index in [1.807, 2.05) is 18.2 Å². The van der Waals surface area contributed by atoms with Crippen LogP contribution in [-0.2, 0) is 0 Å².